The monoisotopic (exact) mass is 280 g/mol. The summed E-state index contributed by atoms with van der Waals surface area (Å²) in [6.45, 7) is 3.96. The molecule has 0 N–H and O–H groups in total. The van der Waals surface area contributed by atoms with Crippen LogP contribution in [0.3, 0.4) is 0 Å². The molecule has 0 bridgehead atoms. The van der Waals surface area contributed by atoms with Gasteiger partial charge in [0.05, 0.1) is 7.11 Å². The minimum Gasteiger partial charge on any atom is -0.496 e. The molecule has 0 aliphatic heterocycles. The van der Waals surface area contributed by atoms with Crippen molar-refractivity contribution in [2.24, 2.45) is 5.92 Å². The third-order valence-corrected chi connectivity index (χ3v) is 4.36. The topological polar surface area (TPSA) is 26.3 Å². The molecule has 2 unspecified atom stereocenters. The number of aryl methyl sites for hydroxylation is 2. The van der Waals surface area contributed by atoms with Gasteiger partial charge in [0.2, 0.25) is 0 Å². The number of carbonyl (C=O) groups is 1. The first-order valence-corrected chi connectivity index (χ1v) is 7.36. The lowest BCUT2D eigenvalue weighted by atomic mass is 9.97. The Morgan fingerprint density at radius 2 is 1.81 bits per heavy atom. The second-order valence-corrected chi connectivity index (χ2v) is 5.86. The Labute approximate surface area is 125 Å². The largest absolute Gasteiger partial charge is 0.496 e. The van der Waals surface area contributed by atoms with Crippen LogP contribution in [0, 0.1) is 19.8 Å². The first kappa shape index (κ1) is 13.9. The number of hydrogen-bond donors (Lipinski definition) is 0. The van der Waals surface area contributed by atoms with Crippen molar-refractivity contribution in [2.45, 2.75) is 26.2 Å². The van der Waals surface area contributed by atoms with Gasteiger partial charge in [-0.15, -0.1) is 0 Å². The maximum Gasteiger partial charge on any atom is 0.166 e. The molecule has 0 amide bonds. The average molecular weight is 280 g/mol. The van der Waals surface area contributed by atoms with Gasteiger partial charge in [0.15, 0.2) is 5.78 Å². The second kappa shape index (κ2) is 5.36. The van der Waals surface area contributed by atoms with E-state index in [9.17, 15) is 4.79 Å². The Balaban J connectivity index is 1.83. The van der Waals surface area contributed by atoms with Crippen LogP contribution in [0.1, 0.15) is 39.4 Å². The fourth-order valence-electron chi connectivity index (χ4n) is 3.03. The normalized spacial score (nSPS) is 20.1. The van der Waals surface area contributed by atoms with Gasteiger partial charge in [-0.2, -0.15) is 0 Å². The number of rotatable bonds is 4. The zero-order valence-electron chi connectivity index (χ0n) is 12.7. The van der Waals surface area contributed by atoms with Gasteiger partial charge in [-0.1, -0.05) is 30.3 Å². The van der Waals surface area contributed by atoms with Gasteiger partial charge >= 0.3 is 0 Å². The first-order chi connectivity index (χ1) is 10.1. The van der Waals surface area contributed by atoms with E-state index in [1.54, 1.807) is 7.11 Å². The quantitative estimate of drug-likeness (QED) is 0.781. The van der Waals surface area contributed by atoms with Crippen LogP contribution in [0.15, 0.2) is 42.5 Å². The fraction of sp³-hybridized carbons (Fsp3) is 0.316. The summed E-state index contributed by atoms with van der Waals surface area (Å²) in [4.78, 5) is 12.7. The SMILES string of the molecule is COc1cc(C)c(C(=O)C2CC2c2ccccc2)cc1C. The summed E-state index contributed by atoms with van der Waals surface area (Å²) in [5.41, 5.74) is 4.14. The molecule has 2 aromatic rings. The second-order valence-electron chi connectivity index (χ2n) is 5.86. The molecule has 108 valence electrons. The highest BCUT2D eigenvalue weighted by atomic mass is 16.5. The first-order valence-electron chi connectivity index (χ1n) is 7.36. The van der Waals surface area contributed by atoms with Gasteiger partial charge in [-0.25, -0.2) is 0 Å². The summed E-state index contributed by atoms with van der Waals surface area (Å²) in [5, 5.41) is 0. The van der Waals surface area contributed by atoms with Crippen LogP contribution < -0.4 is 4.74 Å². The number of Topliss-reactive ketones (excluding diaryl/α,β-unsaturated/α-hetero) is 1. The Bertz CT molecular complexity index is 673. The lowest BCUT2D eigenvalue weighted by Crippen LogP contribution is -2.06. The molecule has 0 radical (unpaired) electrons. The number of carbonyl (C=O) groups excluding carboxylic acids is 1. The smallest absolute Gasteiger partial charge is 0.166 e. The van der Waals surface area contributed by atoms with E-state index in [1.807, 2.05) is 44.2 Å². The Morgan fingerprint density at radius 3 is 2.48 bits per heavy atom. The van der Waals surface area contributed by atoms with Gasteiger partial charge in [0, 0.05) is 11.5 Å². The molecule has 21 heavy (non-hydrogen) atoms. The van der Waals surface area contributed by atoms with E-state index in [0.29, 0.717) is 5.92 Å². The van der Waals surface area contributed by atoms with Crippen LogP contribution in [0.5, 0.6) is 5.75 Å². The van der Waals surface area contributed by atoms with E-state index in [4.69, 9.17) is 4.74 Å². The van der Waals surface area contributed by atoms with Gasteiger partial charge in [0.25, 0.3) is 0 Å². The lowest BCUT2D eigenvalue weighted by Gasteiger charge is -2.10. The molecule has 2 heteroatoms. The summed E-state index contributed by atoms with van der Waals surface area (Å²) in [6, 6.07) is 14.3. The predicted octanol–water partition coefficient (Wildman–Crippen LogP) is 4.30. The van der Waals surface area contributed by atoms with Crippen LogP contribution >= 0.6 is 0 Å². The third kappa shape index (κ3) is 2.58. The molecule has 0 saturated heterocycles. The highest BCUT2D eigenvalue weighted by Gasteiger charge is 2.44. The minimum atomic E-state index is 0.138. The molecular weight excluding hydrogens is 260 g/mol. The minimum absolute atomic E-state index is 0.138. The van der Waals surface area contributed by atoms with Crippen molar-refractivity contribution in [3.8, 4) is 5.75 Å². The number of benzene rings is 2. The van der Waals surface area contributed by atoms with E-state index in [0.717, 1.165) is 28.9 Å². The van der Waals surface area contributed by atoms with Crippen LogP contribution in [0.25, 0.3) is 0 Å². The zero-order chi connectivity index (χ0) is 15.0. The molecular formula is C19H20O2. The zero-order valence-corrected chi connectivity index (χ0v) is 12.7. The molecule has 0 heterocycles. The lowest BCUT2D eigenvalue weighted by molar-refractivity contribution is 0.0964. The summed E-state index contributed by atoms with van der Waals surface area (Å²) in [6.07, 6.45) is 0.966. The highest BCUT2D eigenvalue weighted by Crippen LogP contribution is 2.49. The molecule has 0 spiro atoms. The standard InChI is InChI=1S/C19H20O2/c1-12-10-18(21-3)13(2)9-15(12)19(20)17-11-16(17)14-7-5-4-6-8-14/h4-10,16-17H,11H2,1-3H3. The van der Waals surface area contributed by atoms with Gasteiger partial charge in [-0.05, 0) is 55.0 Å². The van der Waals surface area contributed by atoms with Crippen molar-refractivity contribution in [1.29, 1.82) is 0 Å². The fourth-order valence-corrected chi connectivity index (χ4v) is 3.03. The van der Waals surface area contributed by atoms with E-state index < -0.39 is 0 Å². The number of ketones is 1. The highest BCUT2D eigenvalue weighted by molar-refractivity contribution is 6.01. The average Bonchev–Trinajstić information content (AvgIpc) is 3.30. The van der Waals surface area contributed by atoms with Gasteiger partial charge in [-0.3, -0.25) is 4.79 Å². The molecule has 2 atom stereocenters. The number of ether oxygens (including phenoxy) is 1. The van der Waals surface area contributed by atoms with Crippen molar-refractivity contribution in [3.63, 3.8) is 0 Å². The van der Waals surface area contributed by atoms with Crippen LogP contribution in [0.4, 0.5) is 0 Å². The van der Waals surface area contributed by atoms with Gasteiger partial charge in [0.1, 0.15) is 5.75 Å². The molecule has 1 saturated carbocycles. The van der Waals surface area contributed by atoms with Crippen molar-refractivity contribution in [3.05, 3.63) is 64.7 Å². The van der Waals surface area contributed by atoms with E-state index in [2.05, 4.69) is 12.1 Å². The summed E-state index contributed by atoms with van der Waals surface area (Å²) >= 11 is 0. The molecule has 0 aromatic heterocycles. The number of hydrogen-bond acceptors (Lipinski definition) is 2. The van der Waals surface area contributed by atoms with E-state index >= 15 is 0 Å². The van der Waals surface area contributed by atoms with Crippen molar-refractivity contribution in [2.75, 3.05) is 7.11 Å². The molecule has 2 nitrogen and oxygen atoms in total. The number of methoxy groups -OCH3 is 1. The maximum atomic E-state index is 12.7. The predicted molar refractivity (Wildman–Crippen MR) is 84.1 cm³/mol. The summed E-state index contributed by atoms with van der Waals surface area (Å²) in [7, 11) is 1.66. The van der Waals surface area contributed by atoms with Crippen LogP contribution in [-0.4, -0.2) is 12.9 Å². The van der Waals surface area contributed by atoms with Crippen LogP contribution in [-0.2, 0) is 0 Å². The van der Waals surface area contributed by atoms with Crippen molar-refractivity contribution >= 4 is 5.78 Å². The van der Waals surface area contributed by atoms with Crippen molar-refractivity contribution < 1.29 is 9.53 Å². The Morgan fingerprint density at radius 1 is 1.10 bits per heavy atom. The Kier molecular flexibility index (Phi) is 3.54. The molecule has 2 aromatic carbocycles. The molecule has 1 aliphatic rings. The summed E-state index contributed by atoms with van der Waals surface area (Å²) < 4.78 is 5.32. The van der Waals surface area contributed by atoms with E-state index in [-0.39, 0.29) is 11.7 Å². The van der Waals surface area contributed by atoms with Crippen LogP contribution in [0.2, 0.25) is 0 Å². The Hall–Kier alpha value is -2.09. The molecule has 1 aliphatic carbocycles. The van der Waals surface area contributed by atoms with Crippen molar-refractivity contribution in [1.82, 2.24) is 0 Å². The molecule has 1 fully saturated rings. The molecule has 3 rings (SSSR count). The van der Waals surface area contributed by atoms with E-state index in [1.165, 1.54) is 5.56 Å². The maximum absolute atomic E-state index is 12.7. The third-order valence-electron chi connectivity index (χ3n) is 4.36. The summed E-state index contributed by atoms with van der Waals surface area (Å²) in [5.74, 6) is 1.64. The van der Waals surface area contributed by atoms with Gasteiger partial charge < -0.3 is 4.74 Å².